The number of methoxy groups -OCH3 is 1. The van der Waals surface area contributed by atoms with Crippen molar-refractivity contribution in [1.82, 2.24) is 9.78 Å². The van der Waals surface area contributed by atoms with Crippen LogP contribution in [0.15, 0.2) is 34.9 Å². The van der Waals surface area contributed by atoms with Gasteiger partial charge in [0.25, 0.3) is 0 Å². The Morgan fingerprint density at radius 1 is 1.40 bits per heavy atom. The third-order valence-corrected chi connectivity index (χ3v) is 3.49. The fourth-order valence-corrected chi connectivity index (χ4v) is 2.46. The van der Waals surface area contributed by atoms with Crippen molar-refractivity contribution in [3.63, 3.8) is 0 Å². The summed E-state index contributed by atoms with van der Waals surface area (Å²) in [5.74, 6) is 1.24. The van der Waals surface area contributed by atoms with E-state index < -0.39 is 6.04 Å². The van der Waals surface area contributed by atoms with Crippen LogP contribution in [0.25, 0.3) is 11.0 Å². The minimum atomic E-state index is -0.390. The first-order valence-corrected chi connectivity index (χ1v) is 6.48. The molecule has 20 heavy (non-hydrogen) atoms. The Morgan fingerprint density at radius 3 is 2.85 bits per heavy atom. The van der Waals surface area contributed by atoms with Crippen LogP contribution in [-0.4, -0.2) is 16.9 Å². The lowest BCUT2D eigenvalue weighted by molar-refractivity contribution is 0.405. The molecule has 104 valence electrons. The maximum Gasteiger partial charge on any atom is 0.176 e. The highest BCUT2D eigenvalue weighted by Gasteiger charge is 2.19. The molecule has 0 bridgehead atoms. The van der Waals surface area contributed by atoms with Crippen molar-refractivity contribution in [3.8, 4) is 5.75 Å². The summed E-state index contributed by atoms with van der Waals surface area (Å²) >= 11 is 6.05. The first-order valence-electron chi connectivity index (χ1n) is 6.10. The van der Waals surface area contributed by atoms with E-state index in [2.05, 4.69) is 5.10 Å². The normalized spacial score (nSPS) is 12.8. The van der Waals surface area contributed by atoms with Crippen LogP contribution < -0.4 is 10.5 Å². The van der Waals surface area contributed by atoms with Gasteiger partial charge in [0.1, 0.15) is 11.8 Å². The Kier molecular flexibility index (Phi) is 3.16. The van der Waals surface area contributed by atoms with Gasteiger partial charge in [-0.1, -0.05) is 11.6 Å². The van der Waals surface area contributed by atoms with Crippen molar-refractivity contribution in [1.29, 1.82) is 0 Å². The highest BCUT2D eigenvalue weighted by atomic mass is 35.5. The Balaban J connectivity index is 2.11. The summed E-state index contributed by atoms with van der Waals surface area (Å²) in [5, 5.41) is 5.57. The van der Waals surface area contributed by atoms with Gasteiger partial charge in [-0.3, -0.25) is 4.68 Å². The molecule has 0 spiro atoms. The van der Waals surface area contributed by atoms with Crippen molar-refractivity contribution in [3.05, 3.63) is 46.9 Å². The average molecular weight is 292 g/mol. The number of ether oxygens (including phenoxy) is 1. The van der Waals surface area contributed by atoms with Crippen LogP contribution in [0, 0.1) is 0 Å². The van der Waals surface area contributed by atoms with Crippen LogP contribution in [0.4, 0.5) is 0 Å². The molecular formula is C14H14ClN3O2. The van der Waals surface area contributed by atoms with Gasteiger partial charge < -0.3 is 14.9 Å². The van der Waals surface area contributed by atoms with Crippen molar-refractivity contribution in [2.24, 2.45) is 12.8 Å². The minimum Gasteiger partial charge on any atom is -0.493 e. The molecule has 1 unspecified atom stereocenters. The predicted molar refractivity (Wildman–Crippen MR) is 77.0 cm³/mol. The monoisotopic (exact) mass is 291 g/mol. The van der Waals surface area contributed by atoms with Gasteiger partial charge >= 0.3 is 0 Å². The first kappa shape index (κ1) is 13.0. The third kappa shape index (κ3) is 2.05. The van der Waals surface area contributed by atoms with E-state index in [1.807, 2.05) is 25.2 Å². The van der Waals surface area contributed by atoms with Gasteiger partial charge in [0.2, 0.25) is 0 Å². The number of aromatic nitrogens is 2. The molecule has 3 aromatic rings. The van der Waals surface area contributed by atoms with E-state index in [4.69, 9.17) is 26.5 Å². The number of nitrogens with two attached hydrogens (primary N) is 1. The summed E-state index contributed by atoms with van der Waals surface area (Å²) in [6.45, 7) is 0. The summed E-state index contributed by atoms with van der Waals surface area (Å²) in [4.78, 5) is 0. The van der Waals surface area contributed by atoms with E-state index in [1.54, 1.807) is 24.1 Å². The second-order valence-corrected chi connectivity index (χ2v) is 4.97. The number of aryl methyl sites for hydroxylation is 1. The zero-order valence-corrected chi connectivity index (χ0v) is 11.9. The lowest BCUT2D eigenvalue weighted by Crippen LogP contribution is -2.15. The van der Waals surface area contributed by atoms with E-state index in [0.717, 1.165) is 11.1 Å². The SMILES string of the molecule is COc1cc(Cl)cc2cc(C(N)c3ccnn3C)oc12. The fraction of sp³-hybridized carbons (Fsp3) is 0.214. The number of benzene rings is 1. The van der Waals surface area contributed by atoms with Crippen LogP contribution in [0.1, 0.15) is 17.5 Å². The molecule has 2 heterocycles. The minimum absolute atomic E-state index is 0.390. The average Bonchev–Trinajstić information content (AvgIpc) is 3.02. The number of furan rings is 1. The lowest BCUT2D eigenvalue weighted by Gasteiger charge is -2.08. The van der Waals surface area contributed by atoms with Gasteiger partial charge in [-0.25, -0.2) is 0 Å². The molecule has 6 heteroatoms. The molecule has 0 saturated heterocycles. The molecule has 0 fully saturated rings. The molecule has 0 aliphatic carbocycles. The largest absolute Gasteiger partial charge is 0.493 e. The fourth-order valence-electron chi connectivity index (χ4n) is 2.25. The van der Waals surface area contributed by atoms with Crippen molar-refractivity contribution < 1.29 is 9.15 Å². The number of hydrogen-bond donors (Lipinski definition) is 1. The highest BCUT2D eigenvalue weighted by molar-refractivity contribution is 6.31. The summed E-state index contributed by atoms with van der Waals surface area (Å²) in [7, 11) is 3.42. The van der Waals surface area contributed by atoms with Gasteiger partial charge in [0, 0.05) is 29.7 Å². The Labute approximate surface area is 120 Å². The Hall–Kier alpha value is -1.98. The topological polar surface area (TPSA) is 66.2 Å². The predicted octanol–water partition coefficient (Wildman–Crippen LogP) is 2.88. The van der Waals surface area contributed by atoms with Gasteiger partial charge in [0.05, 0.1) is 12.8 Å². The van der Waals surface area contributed by atoms with Crippen molar-refractivity contribution in [2.45, 2.75) is 6.04 Å². The standard InChI is InChI=1S/C14H14ClN3O2/c1-18-10(3-4-17-18)13(16)11-6-8-5-9(15)7-12(19-2)14(8)20-11/h3-7,13H,16H2,1-2H3. The third-order valence-electron chi connectivity index (χ3n) is 3.27. The number of rotatable bonds is 3. The number of hydrogen-bond acceptors (Lipinski definition) is 4. The quantitative estimate of drug-likeness (QED) is 0.806. The van der Waals surface area contributed by atoms with E-state index in [9.17, 15) is 0 Å². The number of nitrogens with zero attached hydrogens (tertiary/aromatic N) is 2. The summed E-state index contributed by atoms with van der Waals surface area (Å²) in [6, 6.07) is 6.89. The van der Waals surface area contributed by atoms with Crippen LogP contribution in [-0.2, 0) is 7.05 Å². The van der Waals surface area contributed by atoms with Gasteiger partial charge in [0.15, 0.2) is 11.3 Å². The molecular weight excluding hydrogens is 278 g/mol. The Bertz CT molecular complexity index is 763. The van der Waals surface area contributed by atoms with Crippen LogP contribution in [0.2, 0.25) is 5.02 Å². The molecule has 3 rings (SSSR count). The molecule has 2 aromatic heterocycles. The lowest BCUT2D eigenvalue weighted by atomic mass is 10.1. The molecule has 0 amide bonds. The maximum absolute atomic E-state index is 6.23. The first-order chi connectivity index (χ1) is 9.60. The molecule has 0 aliphatic heterocycles. The second kappa shape index (κ2) is 4.85. The zero-order valence-electron chi connectivity index (χ0n) is 11.1. The molecule has 5 nitrogen and oxygen atoms in total. The van der Waals surface area contributed by atoms with E-state index >= 15 is 0 Å². The number of fused-ring (bicyclic) bond motifs is 1. The van der Waals surface area contributed by atoms with Crippen LogP contribution in [0.3, 0.4) is 0 Å². The molecule has 0 aliphatic rings. The van der Waals surface area contributed by atoms with E-state index in [0.29, 0.717) is 22.1 Å². The summed E-state index contributed by atoms with van der Waals surface area (Å²) < 4.78 is 12.8. The molecule has 0 radical (unpaired) electrons. The van der Waals surface area contributed by atoms with E-state index in [-0.39, 0.29) is 0 Å². The maximum atomic E-state index is 6.23. The second-order valence-electron chi connectivity index (χ2n) is 4.53. The Morgan fingerprint density at radius 2 is 2.20 bits per heavy atom. The molecule has 2 N–H and O–H groups in total. The molecule has 1 atom stereocenters. The molecule has 0 saturated carbocycles. The summed E-state index contributed by atoms with van der Waals surface area (Å²) in [6.07, 6.45) is 1.70. The summed E-state index contributed by atoms with van der Waals surface area (Å²) in [5.41, 5.74) is 7.74. The molecule has 1 aromatic carbocycles. The van der Waals surface area contributed by atoms with Crippen molar-refractivity contribution >= 4 is 22.6 Å². The van der Waals surface area contributed by atoms with Crippen LogP contribution in [0.5, 0.6) is 5.75 Å². The number of halogens is 1. The smallest absolute Gasteiger partial charge is 0.176 e. The van der Waals surface area contributed by atoms with Gasteiger partial charge in [-0.05, 0) is 18.2 Å². The van der Waals surface area contributed by atoms with Crippen LogP contribution >= 0.6 is 11.6 Å². The zero-order chi connectivity index (χ0) is 14.3. The van der Waals surface area contributed by atoms with Crippen molar-refractivity contribution in [2.75, 3.05) is 7.11 Å². The van der Waals surface area contributed by atoms with Gasteiger partial charge in [-0.2, -0.15) is 5.10 Å². The van der Waals surface area contributed by atoms with E-state index in [1.165, 1.54) is 0 Å². The highest BCUT2D eigenvalue weighted by Crippen LogP contribution is 2.34. The van der Waals surface area contributed by atoms with Gasteiger partial charge in [-0.15, -0.1) is 0 Å².